The summed E-state index contributed by atoms with van der Waals surface area (Å²) in [6.07, 6.45) is 7.82. The molecule has 1 unspecified atom stereocenters. The number of nitrogens with one attached hydrogen (secondary N) is 1. The SMILES string of the molecule is CCN(C(=O)c1cc(F)ccc1Oc1cncnc1N1CC2(CC(Oc3ccnc4c3C(COCCN(C)C)NCC4)C2)C1)C(C)C. The second-order valence-corrected chi connectivity index (χ2v) is 13.4. The lowest BCUT2D eigenvalue weighted by Gasteiger charge is -2.59. The first-order chi connectivity index (χ1) is 22.7. The highest BCUT2D eigenvalue weighted by atomic mass is 19.1. The number of aromatic nitrogens is 3. The molecule has 252 valence electrons. The van der Waals surface area contributed by atoms with E-state index in [9.17, 15) is 9.18 Å². The second-order valence-electron chi connectivity index (χ2n) is 13.4. The number of halogens is 1. The number of nitrogens with zero attached hydrogens (tertiary/aromatic N) is 6. The summed E-state index contributed by atoms with van der Waals surface area (Å²) in [6, 6.07) is 6.02. The molecule has 6 rings (SSSR count). The number of amides is 1. The molecule has 3 aliphatic rings. The number of ether oxygens (including phenoxy) is 3. The zero-order valence-corrected chi connectivity index (χ0v) is 28.0. The lowest BCUT2D eigenvalue weighted by molar-refractivity contribution is -0.0354. The van der Waals surface area contributed by atoms with Crippen molar-refractivity contribution in [3.05, 3.63) is 65.6 Å². The summed E-state index contributed by atoms with van der Waals surface area (Å²) in [7, 11) is 4.09. The summed E-state index contributed by atoms with van der Waals surface area (Å²) in [6.45, 7) is 10.9. The Morgan fingerprint density at radius 3 is 2.70 bits per heavy atom. The molecule has 1 atom stereocenters. The lowest BCUT2D eigenvalue weighted by Crippen LogP contribution is -2.65. The van der Waals surface area contributed by atoms with Gasteiger partial charge >= 0.3 is 0 Å². The highest BCUT2D eigenvalue weighted by Gasteiger charge is 2.54. The molecule has 1 saturated heterocycles. The van der Waals surface area contributed by atoms with Gasteiger partial charge in [0.15, 0.2) is 11.6 Å². The van der Waals surface area contributed by atoms with E-state index in [0.29, 0.717) is 31.3 Å². The van der Waals surface area contributed by atoms with Crippen molar-refractivity contribution in [2.24, 2.45) is 5.41 Å². The van der Waals surface area contributed by atoms with Gasteiger partial charge in [0.25, 0.3) is 5.91 Å². The zero-order valence-electron chi connectivity index (χ0n) is 28.0. The summed E-state index contributed by atoms with van der Waals surface area (Å²) in [5.74, 6) is 1.47. The fourth-order valence-electron chi connectivity index (χ4n) is 6.96. The summed E-state index contributed by atoms with van der Waals surface area (Å²) >= 11 is 0. The minimum atomic E-state index is -0.496. The average molecular weight is 648 g/mol. The van der Waals surface area contributed by atoms with Crippen LogP contribution in [0.2, 0.25) is 0 Å². The molecule has 1 aromatic carbocycles. The molecule has 2 aliphatic heterocycles. The molecule has 1 amide bonds. The Balaban J connectivity index is 1.09. The number of anilines is 1. The minimum Gasteiger partial charge on any atom is -0.490 e. The van der Waals surface area contributed by atoms with Crippen molar-refractivity contribution in [1.82, 2.24) is 30.1 Å². The second kappa shape index (κ2) is 14.1. The normalized spacial score (nSPS) is 18.6. The van der Waals surface area contributed by atoms with Gasteiger partial charge in [0, 0.05) is 62.4 Å². The molecule has 1 saturated carbocycles. The van der Waals surface area contributed by atoms with Gasteiger partial charge < -0.3 is 34.2 Å². The third kappa shape index (κ3) is 7.19. The fourth-order valence-corrected chi connectivity index (χ4v) is 6.96. The third-order valence-electron chi connectivity index (χ3n) is 9.34. The number of hydrogen-bond donors (Lipinski definition) is 1. The van der Waals surface area contributed by atoms with E-state index < -0.39 is 5.82 Å². The van der Waals surface area contributed by atoms with E-state index >= 15 is 0 Å². The number of benzene rings is 1. The minimum absolute atomic E-state index is 0.0408. The first-order valence-corrected chi connectivity index (χ1v) is 16.6. The number of hydrogen-bond acceptors (Lipinski definition) is 10. The molecule has 11 nitrogen and oxygen atoms in total. The number of carbonyl (C=O) groups is 1. The van der Waals surface area contributed by atoms with E-state index in [-0.39, 0.29) is 40.8 Å². The quantitative estimate of drug-likeness (QED) is 0.267. The monoisotopic (exact) mass is 647 g/mol. The van der Waals surface area contributed by atoms with Gasteiger partial charge in [-0.3, -0.25) is 9.78 Å². The molecule has 2 aromatic heterocycles. The molecule has 4 heterocycles. The van der Waals surface area contributed by atoms with Crippen LogP contribution < -0.4 is 19.7 Å². The van der Waals surface area contributed by atoms with Crippen molar-refractivity contribution in [3.63, 3.8) is 0 Å². The topological polar surface area (TPSA) is 105 Å². The van der Waals surface area contributed by atoms with Gasteiger partial charge in [-0.2, -0.15) is 0 Å². The first-order valence-electron chi connectivity index (χ1n) is 16.6. The summed E-state index contributed by atoms with van der Waals surface area (Å²) in [5, 5.41) is 3.59. The van der Waals surface area contributed by atoms with Crippen molar-refractivity contribution in [2.45, 2.75) is 58.2 Å². The number of pyridine rings is 1. The van der Waals surface area contributed by atoms with Crippen molar-refractivity contribution in [2.75, 3.05) is 64.9 Å². The van der Waals surface area contributed by atoms with Crippen LogP contribution in [0.5, 0.6) is 17.2 Å². The first kappa shape index (κ1) is 33.0. The van der Waals surface area contributed by atoms with Crippen LogP contribution in [0.4, 0.5) is 10.2 Å². The smallest absolute Gasteiger partial charge is 0.257 e. The Morgan fingerprint density at radius 2 is 1.96 bits per heavy atom. The van der Waals surface area contributed by atoms with Crippen LogP contribution in [-0.2, 0) is 11.2 Å². The molecular weight excluding hydrogens is 601 g/mol. The van der Waals surface area contributed by atoms with E-state index in [4.69, 9.17) is 14.2 Å². The maximum absolute atomic E-state index is 14.3. The molecular formula is C35H46FN7O4. The van der Waals surface area contributed by atoms with Crippen LogP contribution in [0.3, 0.4) is 0 Å². The Morgan fingerprint density at radius 1 is 1.15 bits per heavy atom. The van der Waals surface area contributed by atoms with Gasteiger partial charge in [0.2, 0.25) is 0 Å². The summed E-state index contributed by atoms with van der Waals surface area (Å²) in [5.41, 5.74) is 2.52. The fraction of sp³-hybridized carbons (Fsp3) is 0.543. The van der Waals surface area contributed by atoms with Crippen molar-refractivity contribution in [3.8, 4) is 17.2 Å². The van der Waals surface area contributed by atoms with Gasteiger partial charge in [0.05, 0.1) is 36.7 Å². The van der Waals surface area contributed by atoms with Crippen LogP contribution in [0.25, 0.3) is 0 Å². The lowest BCUT2D eigenvalue weighted by atomic mass is 9.61. The van der Waals surface area contributed by atoms with Crippen molar-refractivity contribution >= 4 is 11.7 Å². The van der Waals surface area contributed by atoms with Crippen LogP contribution >= 0.6 is 0 Å². The van der Waals surface area contributed by atoms with Gasteiger partial charge in [-0.1, -0.05) is 0 Å². The van der Waals surface area contributed by atoms with Gasteiger partial charge in [-0.25, -0.2) is 14.4 Å². The highest BCUT2D eigenvalue weighted by molar-refractivity contribution is 5.97. The van der Waals surface area contributed by atoms with E-state index in [1.54, 1.807) is 11.1 Å². The molecule has 0 bridgehead atoms. The van der Waals surface area contributed by atoms with Gasteiger partial charge in [-0.05, 0) is 72.0 Å². The Labute approximate surface area is 276 Å². The van der Waals surface area contributed by atoms with Crippen LogP contribution in [-0.4, -0.2) is 103 Å². The van der Waals surface area contributed by atoms with E-state index in [0.717, 1.165) is 62.4 Å². The summed E-state index contributed by atoms with van der Waals surface area (Å²) in [4.78, 5) is 32.7. The average Bonchev–Trinajstić information content (AvgIpc) is 3.01. The molecule has 47 heavy (non-hydrogen) atoms. The van der Waals surface area contributed by atoms with Crippen LogP contribution in [0, 0.1) is 11.2 Å². The zero-order chi connectivity index (χ0) is 33.1. The van der Waals surface area contributed by atoms with Crippen LogP contribution in [0.1, 0.15) is 61.3 Å². The maximum Gasteiger partial charge on any atom is 0.257 e. The Hall–Kier alpha value is -3.87. The molecule has 1 N–H and O–H groups in total. The number of rotatable bonds is 13. The number of likely N-dealkylation sites (N-methyl/N-ethyl adjacent to an activating group) is 1. The van der Waals surface area contributed by atoms with E-state index in [1.165, 1.54) is 24.5 Å². The number of fused-ring (bicyclic) bond motifs is 1. The molecule has 2 fully saturated rings. The van der Waals surface area contributed by atoms with E-state index in [2.05, 4.69) is 30.1 Å². The Kier molecular flexibility index (Phi) is 9.90. The third-order valence-corrected chi connectivity index (χ3v) is 9.34. The van der Waals surface area contributed by atoms with Gasteiger partial charge in [-0.15, -0.1) is 0 Å². The summed E-state index contributed by atoms with van der Waals surface area (Å²) < 4.78 is 33.2. The Bertz CT molecular complexity index is 1560. The predicted molar refractivity (Wildman–Crippen MR) is 177 cm³/mol. The highest BCUT2D eigenvalue weighted by Crippen LogP contribution is 2.52. The molecule has 0 radical (unpaired) electrons. The molecule has 1 aliphatic carbocycles. The van der Waals surface area contributed by atoms with Crippen molar-refractivity contribution < 1.29 is 23.4 Å². The maximum atomic E-state index is 14.3. The van der Waals surface area contributed by atoms with Crippen LogP contribution in [0.15, 0.2) is 43.0 Å². The van der Waals surface area contributed by atoms with Crippen molar-refractivity contribution in [1.29, 1.82) is 0 Å². The number of carbonyl (C=O) groups excluding carboxylic acids is 1. The molecule has 3 aromatic rings. The van der Waals surface area contributed by atoms with Gasteiger partial charge in [0.1, 0.15) is 29.7 Å². The predicted octanol–water partition coefficient (Wildman–Crippen LogP) is 4.49. The molecule has 12 heteroatoms. The largest absolute Gasteiger partial charge is 0.490 e. The van der Waals surface area contributed by atoms with E-state index in [1.807, 2.05) is 47.1 Å². The standard InChI is InChI=1S/C35H46FN7O4/c1-6-43(23(2)3)34(44)26-15-24(36)7-8-29(26)47-31-18-37-22-40-33(31)42-20-35(21-42)16-25(17-35)46-30-10-12-38-27-9-11-39-28(32(27)30)19-45-14-13-41(4)5/h7-8,10,12,15,18,22-23,25,28,39H,6,9,11,13-14,16-17,19-21H2,1-5H3. The molecule has 1 spiro atoms.